The van der Waals surface area contributed by atoms with E-state index >= 15 is 0 Å². The minimum Gasteiger partial charge on any atom is -0.310 e. The molecular formula is C102H100N2O4S2. The van der Waals surface area contributed by atoms with Crippen LogP contribution >= 0.6 is 0 Å². The van der Waals surface area contributed by atoms with Gasteiger partial charge < -0.3 is 9.80 Å². The summed E-state index contributed by atoms with van der Waals surface area (Å²) >= 11 is 0. The molecule has 0 amide bonds. The first-order chi connectivity index (χ1) is 53.6. The van der Waals surface area contributed by atoms with E-state index in [-0.39, 0.29) is 23.0 Å². The number of hydrogen-bond acceptors (Lipinski definition) is 6. The molecule has 2 heterocycles. The molecule has 2 aliphatic rings. The van der Waals surface area contributed by atoms with Crippen molar-refractivity contribution in [2.75, 3.05) is 9.80 Å². The van der Waals surface area contributed by atoms with Crippen LogP contribution in [0.1, 0.15) is 148 Å². The molecule has 0 spiro atoms. The summed E-state index contributed by atoms with van der Waals surface area (Å²) < 4.78 is 49.9. The van der Waals surface area contributed by atoms with Crippen molar-refractivity contribution in [1.82, 2.24) is 0 Å². The lowest BCUT2D eigenvalue weighted by Gasteiger charge is -2.28. The van der Waals surface area contributed by atoms with Crippen LogP contribution in [0.4, 0.5) is 34.1 Å². The van der Waals surface area contributed by atoms with E-state index in [1.165, 1.54) is 116 Å². The van der Waals surface area contributed by atoms with Crippen LogP contribution in [-0.4, -0.2) is 16.8 Å². The average molecular weight is 1480 g/mol. The van der Waals surface area contributed by atoms with Gasteiger partial charge in [0.15, 0.2) is 19.7 Å². The summed E-state index contributed by atoms with van der Waals surface area (Å²) in [5.74, 6) is 0.463. The van der Waals surface area contributed by atoms with E-state index < -0.39 is 19.7 Å². The fourth-order valence-electron chi connectivity index (χ4n) is 16.6. The van der Waals surface area contributed by atoms with Crippen LogP contribution in [0.3, 0.4) is 0 Å². The monoisotopic (exact) mass is 1480 g/mol. The van der Waals surface area contributed by atoms with Gasteiger partial charge in [0, 0.05) is 34.1 Å². The third-order valence-electron chi connectivity index (χ3n) is 22.6. The molecule has 0 radical (unpaired) electrons. The highest BCUT2D eigenvalue weighted by Crippen LogP contribution is 2.45. The SMILES string of the molecule is CCCCCCc1cc(-c2ccc(N(c3ccc(-c4ccc(CCC)cc4)cc3)c3ccc(-c4ccc(-c5ccc6c(c5)CS(=O)(=O)C6)cc4)cc3)cc2C)c(CCCCCC)cc1-c1ccc(N(c2ccc(-c3ccc(CCC)cc3)cc2)c2ccc(-c3ccc(-c4ccc5c(c4)CS(=O)(=O)C5)cc3)cc2)cc1C. The third-order valence-corrected chi connectivity index (χ3v) is 25.6. The first-order valence-electron chi connectivity index (χ1n) is 40.0. The fourth-order valence-corrected chi connectivity index (χ4v) is 19.8. The fraction of sp³-hybridized carbons (Fsp3) is 0.235. The zero-order valence-corrected chi connectivity index (χ0v) is 66.3. The quantitative estimate of drug-likeness (QED) is 0.0455. The highest BCUT2D eigenvalue weighted by molar-refractivity contribution is 7.90. The van der Waals surface area contributed by atoms with Crippen molar-refractivity contribution >= 4 is 53.8 Å². The number of hydrogen-bond donors (Lipinski definition) is 0. The standard InChI is InChI=1S/C102H100N2O4S2/c1-7-11-13-15-19-87-65-102(100-60-58-98(62-72(100)6)104(94-51-43-80(44-52-94)76-27-23-74(18-10-4)24-28-76)96-55-47-82(48-56-96)78-31-35-84(36-32-78)86-38-40-90-68-110(107,108)70-92(90)64-86)88(20-16-14-12-8-2)66-101(87)99-59-57-97(61-71(99)5)103(93-49-41-79(42-50-93)75-25-21-73(17-9-3)22-26-75)95-53-45-81(46-54-95)77-29-33-83(34-30-77)85-37-39-89-67-109(105,106)69-91(89)63-85/h21-66H,7-20,67-70H2,1-6H3. The lowest BCUT2D eigenvalue weighted by molar-refractivity contribution is 0.596. The molecular weight excluding hydrogens is 1380 g/mol. The number of fused-ring (bicyclic) bond motifs is 2. The molecule has 0 saturated heterocycles. The molecule has 110 heavy (non-hydrogen) atoms. The summed E-state index contributed by atoms with van der Waals surface area (Å²) in [7, 11) is -6.18. The Morgan fingerprint density at radius 3 is 0.791 bits per heavy atom. The van der Waals surface area contributed by atoms with Gasteiger partial charge in [-0.05, 0) is 282 Å². The molecule has 13 aromatic rings. The Morgan fingerprint density at radius 1 is 0.236 bits per heavy atom. The van der Waals surface area contributed by atoms with Crippen molar-refractivity contribution in [2.45, 2.75) is 154 Å². The minimum atomic E-state index is -3.09. The second-order valence-electron chi connectivity index (χ2n) is 30.7. The van der Waals surface area contributed by atoms with Crippen LogP contribution in [-0.2, 0) is 68.4 Å². The minimum absolute atomic E-state index is 0.108. The Labute approximate surface area is 654 Å². The van der Waals surface area contributed by atoms with Crippen molar-refractivity contribution < 1.29 is 16.8 Å². The van der Waals surface area contributed by atoms with Crippen LogP contribution in [0, 0.1) is 13.8 Å². The third kappa shape index (κ3) is 16.9. The molecule has 13 aromatic carbocycles. The first-order valence-corrected chi connectivity index (χ1v) is 43.6. The second-order valence-corrected chi connectivity index (χ2v) is 34.9. The molecule has 554 valence electrons. The number of anilines is 6. The van der Waals surface area contributed by atoms with E-state index in [2.05, 4.69) is 294 Å². The Bertz CT molecular complexity index is 5300. The molecule has 8 heteroatoms. The Morgan fingerprint density at radius 2 is 0.500 bits per heavy atom. The van der Waals surface area contributed by atoms with Crippen molar-refractivity contribution in [1.29, 1.82) is 0 Å². The molecule has 0 unspecified atom stereocenters. The van der Waals surface area contributed by atoms with E-state index in [9.17, 15) is 16.8 Å². The van der Waals surface area contributed by atoms with Crippen molar-refractivity contribution in [3.05, 3.63) is 335 Å². The van der Waals surface area contributed by atoms with Gasteiger partial charge in [0.25, 0.3) is 0 Å². The van der Waals surface area contributed by atoms with E-state index in [1.807, 2.05) is 36.4 Å². The molecule has 2 aliphatic heterocycles. The normalized spacial score (nSPS) is 13.3. The largest absolute Gasteiger partial charge is 0.310 e. The number of unbranched alkanes of at least 4 members (excludes halogenated alkanes) is 6. The van der Waals surface area contributed by atoms with E-state index in [0.29, 0.717) is 0 Å². The number of sulfone groups is 2. The smallest absolute Gasteiger partial charge is 0.158 e. The highest BCUT2D eigenvalue weighted by Gasteiger charge is 2.27. The summed E-state index contributed by atoms with van der Waals surface area (Å²) in [6.45, 7) is 13.7. The molecule has 0 fully saturated rings. The highest BCUT2D eigenvalue weighted by atomic mass is 32.2. The van der Waals surface area contributed by atoms with E-state index in [0.717, 1.165) is 152 Å². The molecule has 0 aliphatic carbocycles. The summed E-state index contributed by atoms with van der Waals surface area (Å²) in [5.41, 5.74) is 36.7. The maximum Gasteiger partial charge on any atom is 0.158 e. The van der Waals surface area contributed by atoms with E-state index in [1.54, 1.807) is 0 Å². The van der Waals surface area contributed by atoms with Crippen molar-refractivity contribution in [2.24, 2.45) is 0 Å². The van der Waals surface area contributed by atoms with Crippen molar-refractivity contribution in [3.8, 4) is 89.0 Å². The molecule has 0 bridgehead atoms. The lowest BCUT2D eigenvalue weighted by Crippen LogP contribution is -2.10. The van der Waals surface area contributed by atoms with Gasteiger partial charge in [-0.25, -0.2) is 16.8 Å². The molecule has 0 aromatic heterocycles. The van der Waals surface area contributed by atoms with E-state index in [4.69, 9.17) is 0 Å². The lowest BCUT2D eigenvalue weighted by atomic mass is 9.84. The maximum absolute atomic E-state index is 12.5. The van der Waals surface area contributed by atoms with Gasteiger partial charge in [0.2, 0.25) is 0 Å². The average Bonchev–Trinajstić information content (AvgIpc) is 1.04. The first kappa shape index (κ1) is 74.8. The van der Waals surface area contributed by atoms with Gasteiger partial charge in [-0.1, -0.05) is 273 Å². The van der Waals surface area contributed by atoms with Crippen LogP contribution in [0.5, 0.6) is 0 Å². The Kier molecular flexibility index (Phi) is 22.6. The molecule has 0 saturated carbocycles. The van der Waals surface area contributed by atoms with Crippen LogP contribution in [0.15, 0.2) is 279 Å². The maximum atomic E-state index is 12.5. The van der Waals surface area contributed by atoms with Crippen LogP contribution in [0.25, 0.3) is 89.0 Å². The zero-order valence-electron chi connectivity index (χ0n) is 64.6. The molecule has 6 nitrogen and oxygen atoms in total. The van der Waals surface area contributed by atoms with Crippen LogP contribution in [0.2, 0.25) is 0 Å². The zero-order chi connectivity index (χ0) is 75.9. The van der Waals surface area contributed by atoms with Crippen LogP contribution < -0.4 is 9.80 Å². The summed E-state index contributed by atoms with van der Waals surface area (Å²) in [5, 5.41) is 0. The summed E-state index contributed by atoms with van der Waals surface area (Å²) in [4.78, 5) is 4.81. The van der Waals surface area contributed by atoms with Gasteiger partial charge >= 0.3 is 0 Å². The number of benzene rings is 13. The Balaban J connectivity index is 0.768. The van der Waals surface area contributed by atoms with Gasteiger partial charge in [0.1, 0.15) is 0 Å². The topological polar surface area (TPSA) is 74.8 Å². The number of aryl methyl sites for hydroxylation is 6. The summed E-state index contributed by atoms with van der Waals surface area (Å²) in [6.07, 6.45) is 15.8. The number of nitrogens with zero attached hydrogens (tertiary/aromatic N) is 2. The van der Waals surface area contributed by atoms with Gasteiger partial charge in [-0.15, -0.1) is 0 Å². The predicted molar refractivity (Wildman–Crippen MR) is 465 cm³/mol. The van der Waals surface area contributed by atoms with Crippen molar-refractivity contribution in [3.63, 3.8) is 0 Å². The predicted octanol–water partition coefficient (Wildman–Crippen LogP) is 27.6. The van der Waals surface area contributed by atoms with Gasteiger partial charge in [0.05, 0.1) is 23.0 Å². The van der Waals surface area contributed by atoms with Gasteiger partial charge in [-0.3, -0.25) is 0 Å². The molecule has 15 rings (SSSR count). The number of rotatable bonds is 28. The van der Waals surface area contributed by atoms with Gasteiger partial charge in [-0.2, -0.15) is 0 Å². The summed E-state index contributed by atoms with van der Waals surface area (Å²) in [6, 6.07) is 103. The Hall–Kier alpha value is -10.6. The molecule has 0 N–H and O–H groups in total. The second kappa shape index (κ2) is 33.3. The molecule has 0 atom stereocenters.